The summed E-state index contributed by atoms with van der Waals surface area (Å²) in [6.07, 6.45) is 0. The highest BCUT2D eigenvalue weighted by molar-refractivity contribution is 6.34. The van der Waals surface area contributed by atoms with Crippen molar-refractivity contribution in [2.75, 3.05) is 16.8 Å². The molecule has 0 aromatic heterocycles. The van der Waals surface area contributed by atoms with E-state index >= 15 is 0 Å². The Morgan fingerprint density at radius 2 is 2.06 bits per heavy atom. The average Bonchev–Trinajstić information content (AvgIpc) is 2.14. The molecule has 0 amide bonds. The predicted molar refractivity (Wildman–Crippen MR) is 71.6 cm³/mol. The van der Waals surface area contributed by atoms with Crippen LogP contribution in [0.2, 0.25) is 5.02 Å². The van der Waals surface area contributed by atoms with Gasteiger partial charge in [0, 0.05) is 18.1 Å². The van der Waals surface area contributed by atoms with Gasteiger partial charge >= 0.3 is 0 Å². The monoisotopic (exact) mass is 238 g/mol. The minimum Gasteiger partial charge on any atom is -0.377 e. The van der Waals surface area contributed by atoms with Crippen LogP contribution in [0.4, 0.5) is 11.4 Å². The highest BCUT2D eigenvalue weighted by Gasteiger charge is 2.31. The van der Waals surface area contributed by atoms with Crippen molar-refractivity contribution in [2.45, 2.75) is 39.3 Å². The summed E-state index contributed by atoms with van der Waals surface area (Å²) >= 11 is 6.29. The van der Waals surface area contributed by atoms with Crippen LogP contribution in [0.1, 0.15) is 27.7 Å². The standard InChI is InChI=1S/C13H19ClN2/c1-9(2)16-8-13(3,4)15-11-7-5-6-10(14)12(11)16/h5-7,9,15H,8H2,1-4H3. The molecule has 3 heteroatoms. The van der Waals surface area contributed by atoms with Crippen LogP contribution >= 0.6 is 11.6 Å². The number of nitrogens with zero attached hydrogens (tertiary/aromatic N) is 1. The van der Waals surface area contributed by atoms with Crippen molar-refractivity contribution in [3.63, 3.8) is 0 Å². The molecule has 0 saturated heterocycles. The van der Waals surface area contributed by atoms with Gasteiger partial charge in [-0.15, -0.1) is 0 Å². The van der Waals surface area contributed by atoms with Gasteiger partial charge in [-0.1, -0.05) is 17.7 Å². The zero-order chi connectivity index (χ0) is 11.9. The van der Waals surface area contributed by atoms with Crippen molar-refractivity contribution in [1.82, 2.24) is 0 Å². The van der Waals surface area contributed by atoms with Crippen LogP contribution in [0.3, 0.4) is 0 Å². The van der Waals surface area contributed by atoms with Gasteiger partial charge in [-0.25, -0.2) is 0 Å². The fraction of sp³-hybridized carbons (Fsp3) is 0.538. The third-order valence-corrected chi connectivity index (χ3v) is 3.24. The molecule has 0 saturated carbocycles. The zero-order valence-electron chi connectivity index (χ0n) is 10.3. The van der Waals surface area contributed by atoms with Crippen molar-refractivity contribution in [3.8, 4) is 0 Å². The van der Waals surface area contributed by atoms with Crippen molar-refractivity contribution < 1.29 is 0 Å². The van der Waals surface area contributed by atoms with E-state index in [9.17, 15) is 0 Å². The Balaban J connectivity index is 2.52. The van der Waals surface area contributed by atoms with Crippen molar-refractivity contribution in [1.29, 1.82) is 0 Å². The second kappa shape index (κ2) is 3.85. The van der Waals surface area contributed by atoms with Gasteiger partial charge in [0.1, 0.15) is 0 Å². The van der Waals surface area contributed by atoms with Crippen molar-refractivity contribution >= 4 is 23.0 Å². The molecule has 1 aliphatic heterocycles. The Hall–Kier alpha value is -0.890. The van der Waals surface area contributed by atoms with E-state index in [1.807, 2.05) is 12.1 Å². The van der Waals surface area contributed by atoms with Crippen molar-refractivity contribution in [3.05, 3.63) is 23.2 Å². The van der Waals surface area contributed by atoms with E-state index < -0.39 is 0 Å². The first-order chi connectivity index (χ1) is 7.41. The predicted octanol–water partition coefficient (Wildman–Crippen LogP) is 3.76. The molecule has 0 radical (unpaired) electrons. The maximum atomic E-state index is 6.29. The van der Waals surface area contributed by atoms with Crippen molar-refractivity contribution in [2.24, 2.45) is 0 Å². The van der Waals surface area contributed by atoms with Gasteiger partial charge in [0.05, 0.1) is 16.4 Å². The summed E-state index contributed by atoms with van der Waals surface area (Å²) in [5.74, 6) is 0. The summed E-state index contributed by atoms with van der Waals surface area (Å²) in [5, 5.41) is 4.36. The largest absolute Gasteiger partial charge is 0.377 e. The molecule has 0 spiro atoms. The molecule has 0 atom stereocenters. The van der Waals surface area contributed by atoms with Crippen LogP contribution in [-0.2, 0) is 0 Å². The molecule has 1 aliphatic rings. The molecule has 0 bridgehead atoms. The molecule has 0 aliphatic carbocycles. The lowest BCUT2D eigenvalue weighted by atomic mass is 9.98. The molecule has 2 rings (SSSR count). The molecule has 1 aromatic carbocycles. The minimum atomic E-state index is 0.0853. The number of para-hydroxylation sites is 1. The summed E-state index contributed by atoms with van der Waals surface area (Å²) in [7, 11) is 0. The summed E-state index contributed by atoms with van der Waals surface area (Å²) in [6, 6.07) is 6.50. The number of hydrogen-bond donors (Lipinski definition) is 1. The summed E-state index contributed by atoms with van der Waals surface area (Å²) in [5.41, 5.74) is 2.36. The molecule has 1 N–H and O–H groups in total. The number of halogens is 1. The normalized spacial score (nSPS) is 18.2. The van der Waals surface area contributed by atoms with E-state index in [0.717, 1.165) is 22.9 Å². The fourth-order valence-corrected chi connectivity index (χ4v) is 2.54. The van der Waals surface area contributed by atoms with Gasteiger partial charge in [-0.05, 0) is 39.8 Å². The van der Waals surface area contributed by atoms with Gasteiger partial charge in [-0.3, -0.25) is 0 Å². The molecule has 0 fully saturated rings. The third-order valence-electron chi connectivity index (χ3n) is 2.94. The Morgan fingerprint density at radius 3 is 2.69 bits per heavy atom. The summed E-state index contributed by atoms with van der Waals surface area (Å²) in [4.78, 5) is 2.37. The Labute approximate surface area is 103 Å². The van der Waals surface area contributed by atoms with E-state index in [1.165, 1.54) is 0 Å². The Bertz CT molecular complexity index is 399. The zero-order valence-corrected chi connectivity index (χ0v) is 11.1. The molecule has 0 unspecified atom stereocenters. The van der Waals surface area contributed by atoms with Gasteiger partial charge in [0.15, 0.2) is 0 Å². The minimum absolute atomic E-state index is 0.0853. The van der Waals surface area contributed by atoms with Gasteiger partial charge in [0.2, 0.25) is 0 Å². The molecule has 16 heavy (non-hydrogen) atoms. The smallest absolute Gasteiger partial charge is 0.0794 e. The lowest BCUT2D eigenvalue weighted by molar-refractivity contribution is 0.507. The van der Waals surface area contributed by atoms with E-state index in [-0.39, 0.29) is 5.54 Å². The molecular formula is C13H19ClN2. The second-order valence-corrected chi connectivity index (χ2v) is 5.77. The van der Waals surface area contributed by atoms with Crippen LogP contribution in [0.25, 0.3) is 0 Å². The first-order valence-electron chi connectivity index (χ1n) is 5.74. The maximum absolute atomic E-state index is 6.29. The number of benzene rings is 1. The van der Waals surface area contributed by atoms with Gasteiger partial charge in [-0.2, -0.15) is 0 Å². The molecule has 1 aromatic rings. The van der Waals surface area contributed by atoms with Crippen LogP contribution in [0.15, 0.2) is 18.2 Å². The Kier molecular flexibility index (Phi) is 2.79. The SMILES string of the molecule is CC(C)N1CC(C)(C)Nc2cccc(Cl)c21. The van der Waals surface area contributed by atoms with Gasteiger partial charge in [0.25, 0.3) is 0 Å². The highest BCUT2D eigenvalue weighted by Crippen LogP contribution is 2.40. The number of anilines is 2. The molecule has 2 nitrogen and oxygen atoms in total. The lowest BCUT2D eigenvalue weighted by Gasteiger charge is -2.44. The number of hydrogen-bond acceptors (Lipinski definition) is 2. The summed E-state index contributed by atoms with van der Waals surface area (Å²) < 4.78 is 0. The quantitative estimate of drug-likeness (QED) is 0.802. The van der Waals surface area contributed by atoms with E-state index in [2.05, 4.69) is 44.0 Å². The van der Waals surface area contributed by atoms with Gasteiger partial charge < -0.3 is 10.2 Å². The fourth-order valence-electron chi connectivity index (χ4n) is 2.26. The number of nitrogens with one attached hydrogen (secondary N) is 1. The van der Waals surface area contributed by atoms with Crippen LogP contribution in [-0.4, -0.2) is 18.1 Å². The van der Waals surface area contributed by atoms with E-state index in [4.69, 9.17) is 11.6 Å². The number of fused-ring (bicyclic) bond motifs is 1. The van der Waals surface area contributed by atoms with Crippen LogP contribution in [0.5, 0.6) is 0 Å². The molecule has 1 heterocycles. The first-order valence-corrected chi connectivity index (χ1v) is 6.12. The highest BCUT2D eigenvalue weighted by atomic mass is 35.5. The topological polar surface area (TPSA) is 15.3 Å². The average molecular weight is 239 g/mol. The molecule has 88 valence electrons. The van der Waals surface area contributed by atoms with Crippen LogP contribution in [0, 0.1) is 0 Å². The van der Waals surface area contributed by atoms with E-state index in [0.29, 0.717) is 6.04 Å². The first kappa shape index (κ1) is 11.6. The van der Waals surface area contributed by atoms with Crippen LogP contribution < -0.4 is 10.2 Å². The summed E-state index contributed by atoms with van der Waals surface area (Å²) in [6.45, 7) is 9.81. The maximum Gasteiger partial charge on any atom is 0.0794 e. The number of rotatable bonds is 1. The lowest BCUT2D eigenvalue weighted by Crippen LogP contribution is -2.51. The second-order valence-electron chi connectivity index (χ2n) is 5.37. The Morgan fingerprint density at radius 1 is 1.38 bits per heavy atom. The van der Waals surface area contributed by atoms with E-state index in [1.54, 1.807) is 0 Å². The molecular weight excluding hydrogens is 220 g/mol. The third kappa shape index (κ3) is 1.99.